The van der Waals surface area contributed by atoms with Gasteiger partial charge in [-0.1, -0.05) is 23.7 Å². The molecule has 1 heterocycles. The molecule has 0 spiro atoms. The Morgan fingerprint density at radius 2 is 1.83 bits per heavy atom. The first kappa shape index (κ1) is 20.6. The Morgan fingerprint density at radius 3 is 2.52 bits per heavy atom. The van der Waals surface area contributed by atoms with E-state index in [1.165, 1.54) is 6.92 Å². The van der Waals surface area contributed by atoms with Crippen molar-refractivity contribution in [3.05, 3.63) is 58.1 Å². The molecule has 150 valence electrons. The van der Waals surface area contributed by atoms with Crippen molar-refractivity contribution in [2.75, 3.05) is 19.5 Å². The van der Waals surface area contributed by atoms with E-state index in [1.54, 1.807) is 20.3 Å². The highest BCUT2D eigenvalue weighted by Crippen LogP contribution is 2.32. The van der Waals surface area contributed by atoms with Gasteiger partial charge in [-0.05, 0) is 48.4 Å². The van der Waals surface area contributed by atoms with Crippen LogP contribution in [0, 0.1) is 0 Å². The standard InChI is InChI=1S/C22H22ClN3O3/c1-13-9-16-11-21(28-3)22(29-4)12-17(16)19(26-25-13)8-6-15-5-7-18(23)20(10-15)24-14(2)27/h5-8,10-12H,9H2,1-4H3,(H,24,27). The predicted octanol–water partition coefficient (Wildman–Crippen LogP) is 4.75. The molecule has 0 saturated carbocycles. The molecule has 1 aliphatic heterocycles. The maximum atomic E-state index is 11.4. The van der Waals surface area contributed by atoms with Gasteiger partial charge >= 0.3 is 0 Å². The molecule has 0 atom stereocenters. The molecule has 3 rings (SSSR count). The van der Waals surface area contributed by atoms with E-state index in [2.05, 4.69) is 15.5 Å². The topological polar surface area (TPSA) is 72.3 Å². The lowest BCUT2D eigenvalue weighted by molar-refractivity contribution is -0.114. The summed E-state index contributed by atoms with van der Waals surface area (Å²) in [6, 6.07) is 9.29. The number of rotatable bonds is 5. The Labute approximate surface area is 174 Å². The van der Waals surface area contributed by atoms with Crippen LogP contribution in [0.1, 0.15) is 30.5 Å². The summed E-state index contributed by atoms with van der Waals surface area (Å²) in [7, 11) is 3.22. The zero-order valence-corrected chi connectivity index (χ0v) is 17.5. The summed E-state index contributed by atoms with van der Waals surface area (Å²) in [5.41, 5.74) is 5.02. The first-order chi connectivity index (χ1) is 13.9. The summed E-state index contributed by atoms with van der Waals surface area (Å²) in [4.78, 5) is 11.4. The summed E-state index contributed by atoms with van der Waals surface area (Å²) in [6.07, 6.45) is 4.45. The molecule has 6 nitrogen and oxygen atoms in total. The van der Waals surface area contributed by atoms with Crippen molar-refractivity contribution >= 4 is 40.7 Å². The molecule has 0 aromatic heterocycles. The predicted molar refractivity (Wildman–Crippen MR) is 118 cm³/mol. The average Bonchev–Trinajstić information content (AvgIpc) is 2.84. The number of anilines is 1. The number of amides is 1. The van der Waals surface area contributed by atoms with Crippen LogP contribution < -0.4 is 14.8 Å². The van der Waals surface area contributed by atoms with Gasteiger partial charge < -0.3 is 14.8 Å². The second kappa shape index (κ2) is 8.92. The third-order valence-corrected chi connectivity index (χ3v) is 4.72. The van der Waals surface area contributed by atoms with Gasteiger partial charge in [-0.2, -0.15) is 10.2 Å². The molecule has 0 saturated heterocycles. The van der Waals surface area contributed by atoms with Crippen LogP contribution in [0.25, 0.3) is 6.08 Å². The minimum Gasteiger partial charge on any atom is -0.493 e. The number of hydrogen-bond acceptors (Lipinski definition) is 5. The zero-order chi connectivity index (χ0) is 21.0. The molecular formula is C22H22ClN3O3. The number of nitrogens with zero attached hydrogens (tertiary/aromatic N) is 2. The highest BCUT2D eigenvalue weighted by atomic mass is 35.5. The molecule has 29 heavy (non-hydrogen) atoms. The number of carbonyl (C=O) groups excluding carboxylic acids is 1. The maximum absolute atomic E-state index is 11.4. The summed E-state index contributed by atoms with van der Waals surface area (Å²) in [6.45, 7) is 3.38. The normalized spacial score (nSPS) is 13.3. The Kier molecular flexibility index (Phi) is 6.34. The number of halogens is 1. The smallest absolute Gasteiger partial charge is 0.221 e. The number of allylic oxidation sites excluding steroid dienone is 1. The van der Waals surface area contributed by atoms with Crippen LogP contribution in [0.15, 0.2) is 46.6 Å². The number of carbonyl (C=O) groups is 1. The molecule has 1 aliphatic rings. The molecule has 0 aliphatic carbocycles. The Bertz CT molecular complexity index is 1040. The van der Waals surface area contributed by atoms with E-state index in [0.717, 1.165) is 22.4 Å². The molecule has 0 radical (unpaired) electrons. The quantitative estimate of drug-likeness (QED) is 0.771. The van der Waals surface area contributed by atoms with E-state index in [4.69, 9.17) is 21.1 Å². The monoisotopic (exact) mass is 411 g/mol. The van der Waals surface area contributed by atoms with Crippen LogP contribution in [-0.2, 0) is 11.2 Å². The lowest BCUT2D eigenvalue weighted by atomic mass is 9.97. The highest BCUT2D eigenvalue weighted by molar-refractivity contribution is 6.33. The third-order valence-electron chi connectivity index (χ3n) is 4.39. The van der Waals surface area contributed by atoms with Crippen LogP contribution in [0.3, 0.4) is 0 Å². The van der Waals surface area contributed by atoms with Gasteiger partial charge in [0.25, 0.3) is 0 Å². The molecule has 1 amide bonds. The van der Waals surface area contributed by atoms with E-state index < -0.39 is 0 Å². The summed E-state index contributed by atoms with van der Waals surface area (Å²) in [5, 5.41) is 11.9. The minimum absolute atomic E-state index is 0.180. The fraction of sp³-hybridized carbons (Fsp3) is 0.227. The van der Waals surface area contributed by atoms with Crippen molar-refractivity contribution in [2.24, 2.45) is 10.2 Å². The lowest BCUT2D eigenvalue weighted by Gasteiger charge is -2.13. The second-order valence-corrected chi connectivity index (χ2v) is 7.02. The van der Waals surface area contributed by atoms with E-state index in [1.807, 2.05) is 43.3 Å². The van der Waals surface area contributed by atoms with Gasteiger partial charge in [0.1, 0.15) is 0 Å². The summed E-state index contributed by atoms with van der Waals surface area (Å²) < 4.78 is 10.9. The van der Waals surface area contributed by atoms with Gasteiger partial charge in [-0.15, -0.1) is 0 Å². The largest absolute Gasteiger partial charge is 0.493 e. The van der Waals surface area contributed by atoms with Crippen LogP contribution in [0.5, 0.6) is 11.5 Å². The molecule has 2 aromatic rings. The number of benzene rings is 2. The van der Waals surface area contributed by atoms with E-state index >= 15 is 0 Å². The molecule has 2 aromatic carbocycles. The SMILES string of the molecule is COc1cc2c(cc1OC)C(C=Cc1ccc(Cl)c(NC(C)=O)c1)=NN=C(C)C2. The average molecular weight is 412 g/mol. The van der Waals surface area contributed by atoms with Gasteiger partial charge in [0.15, 0.2) is 11.5 Å². The summed E-state index contributed by atoms with van der Waals surface area (Å²) >= 11 is 6.15. The van der Waals surface area contributed by atoms with Gasteiger partial charge in [-0.25, -0.2) is 0 Å². The van der Waals surface area contributed by atoms with E-state index in [-0.39, 0.29) is 5.91 Å². The maximum Gasteiger partial charge on any atom is 0.221 e. The number of ether oxygens (including phenoxy) is 2. The minimum atomic E-state index is -0.180. The first-order valence-electron chi connectivity index (χ1n) is 9.03. The fourth-order valence-corrected chi connectivity index (χ4v) is 3.20. The molecule has 0 unspecified atom stereocenters. The Balaban J connectivity index is 2.00. The highest BCUT2D eigenvalue weighted by Gasteiger charge is 2.17. The first-order valence-corrected chi connectivity index (χ1v) is 9.40. The van der Waals surface area contributed by atoms with Crippen molar-refractivity contribution in [3.8, 4) is 11.5 Å². The second-order valence-electron chi connectivity index (χ2n) is 6.62. The van der Waals surface area contributed by atoms with Crippen molar-refractivity contribution in [3.63, 3.8) is 0 Å². The van der Waals surface area contributed by atoms with Gasteiger partial charge in [0.05, 0.1) is 30.6 Å². The van der Waals surface area contributed by atoms with Gasteiger partial charge in [0.2, 0.25) is 5.91 Å². The lowest BCUT2D eigenvalue weighted by Crippen LogP contribution is -2.06. The molecular weight excluding hydrogens is 390 g/mol. The van der Waals surface area contributed by atoms with Crippen LogP contribution in [0.2, 0.25) is 5.02 Å². The number of nitrogens with one attached hydrogen (secondary N) is 1. The van der Waals surface area contributed by atoms with Crippen molar-refractivity contribution in [1.82, 2.24) is 0 Å². The number of fused-ring (bicyclic) bond motifs is 1. The van der Waals surface area contributed by atoms with E-state index in [0.29, 0.717) is 34.3 Å². The molecule has 7 heteroatoms. The zero-order valence-electron chi connectivity index (χ0n) is 16.7. The van der Waals surface area contributed by atoms with Crippen LogP contribution in [-0.4, -0.2) is 31.6 Å². The molecule has 0 fully saturated rings. The van der Waals surface area contributed by atoms with Crippen molar-refractivity contribution in [2.45, 2.75) is 20.3 Å². The number of hydrogen-bond donors (Lipinski definition) is 1. The van der Waals surface area contributed by atoms with Crippen molar-refractivity contribution in [1.29, 1.82) is 0 Å². The van der Waals surface area contributed by atoms with Crippen LogP contribution >= 0.6 is 11.6 Å². The van der Waals surface area contributed by atoms with Crippen LogP contribution in [0.4, 0.5) is 5.69 Å². The van der Waals surface area contributed by atoms with Crippen molar-refractivity contribution < 1.29 is 14.3 Å². The fourth-order valence-electron chi connectivity index (χ4n) is 3.04. The molecule has 1 N–H and O–H groups in total. The van der Waals surface area contributed by atoms with Gasteiger partial charge in [0, 0.05) is 24.6 Å². The van der Waals surface area contributed by atoms with Gasteiger partial charge in [-0.3, -0.25) is 4.79 Å². The molecule has 0 bridgehead atoms. The Hall–Kier alpha value is -3.12. The van der Waals surface area contributed by atoms with E-state index in [9.17, 15) is 4.79 Å². The third kappa shape index (κ3) is 4.84. The Morgan fingerprint density at radius 1 is 1.10 bits per heavy atom. The summed E-state index contributed by atoms with van der Waals surface area (Å²) in [5.74, 6) is 1.12. The number of methoxy groups -OCH3 is 2.